The molecule has 0 unspecified atom stereocenters. The topological polar surface area (TPSA) is 54.9 Å². The molecule has 1 amide bonds. The molecule has 0 radical (unpaired) electrons. The van der Waals surface area contributed by atoms with Gasteiger partial charge in [-0.1, -0.05) is 59.2 Å². The molecular weight excluding hydrogens is 353 g/mol. The molecule has 1 heterocycles. The Morgan fingerprint density at radius 1 is 1.09 bits per heavy atom. The van der Waals surface area contributed by atoms with Gasteiger partial charge in [0, 0.05) is 5.39 Å². The molecule has 116 valence electrons. The molecule has 23 heavy (non-hydrogen) atoms. The van der Waals surface area contributed by atoms with Crippen LogP contribution in [0.2, 0.25) is 10.0 Å². The highest BCUT2D eigenvalue weighted by Gasteiger charge is 2.10. The van der Waals surface area contributed by atoms with Gasteiger partial charge in [0.15, 0.2) is 0 Å². The number of nitrogens with one attached hydrogen (secondary N) is 1. The van der Waals surface area contributed by atoms with E-state index in [2.05, 4.69) is 15.3 Å². The Morgan fingerprint density at radius 3 is 2.78 bits per heavy atom. The second-order valence-electron chi connectivity index (χ2n) is 4.63. The molecule has 0 atom stereocenters. The fourth-order valence-electron chi connectivity index (χ4n) is 2.02. The van der Waals surface area contributed by atoms with E-state index >= 15 is 0 Å². The van der Waals surface area contributed by atoms with Crippen molar-refractivity contribution in [3.05, 3.63) is 58.8 Å². The van der Waals surface area contributed by atoms with Crippen LogP contribution < -0.4 is 5.32 Å². The molecule has 1 aromatic heterocycles. The third kappa shape index (κ3) is 3.75. The Kier molecular flexibility index (Phi) is 5.00. The lowest BCUT2D eigenvalue weighted by atomic mass is 10.2. The molecule has 2 aromatic carbocycles. The second-order valence-corrected chi connectivity index (χ2v) is 6.38. The van der Waals surface area contributed by atoms with Crippen LogP contribution in [-0.4, -0.2) is 21.6 Å². The van der Waals surface area contributed by atoms with Gasteiger partial charge >= 0.3 is 0 Å². The standard InChI is InChI=1S/C16H11Cl2N3OS/c17-11-5-3-7-13(15(11)18)21-14(22)8-23-16-10-4-1-2-6-12(10)19-9-20-16/h1-7,9H,8H2,(H,21,22). The summed E-state index contributed by atoms with van der Waals surface area (Å²) in [6, 6.07) is 12.8. The summed E-state index contributed by atoms with van der Waals surface area (Å²) < 4.78 is 0. The number of thioether (sulfide) groups is 1. The van der Waals surface area contributed by atoms with E-state index in [1.807, 2.05) is 24.3 Å². The van der Waals surface area contributed by atoms with Gasteiger partial charge in [0.2, 0.25) is 5.91 Å². The Morgan fingerprint density at radius 2 is 1.91 bits per heavy atom. The lowest BCUT2D eigenvalue weighted by Gasteiger charge is -2.08. The van der Waals surface area contributed by atoms with Gasteiger partial charge in [-0.05, 0) is 18.2 Å². The number of rotatable bonds is 4. The monoisotopic (exact) mass is 363 g/mol. The van der Waals surface area contributed by atoms with Gasteiger partial charge in [0.25, 0.3) is 0 Å². The number of fused-ring (bicyclic) bond motifs is 1. The lowest BCUT2D eigenvalue weighted by molar-refractivity contribution is -0.113. The third-order valence-electron chi connectivity index (χ3n) is 3.07. The van der Waals surface area contributed by atoms with Gasteiger partial charge < -0.3 is 5.32 Å². The zero-order chi connectivity index (χ0) is 16.2. The van der Waals surface area contributed by atoms with Crippen molar-refractivity contribution < 1.29 is 4.79 Å². The van der Waals surface area contributed by atoms with Crippen LogP contribution in [0.4, 0.5) is 5.69 Å². The molecule has 0 spiro atoms. The first-order valence-electron chi connectivity index (χ1n) is 6.71. The molecule has 0 aliphatic carbocycles. The number of benzene rings is 2. The van der Waals surface area contributed by atoms with E-state index in [0.29, 0.717) is 15.7 Å². The molecule has 0 fully saturated rings. The minimum Gasteiger partial charge on any atom is -0.324 e. The predicted molar refractivity (Wildman–Crippen MR) is 95.4 cm³/mol. The minimum absolute atomic E-state index is 0.179. The largest absolute Gasteiger partial charge is 0.324 e. The van der Waals surface area contributed by atoms with Crippen LogP contribution in [-0.2, 0) is 4.79 Å². The van der Waals surface area contributed by atoms with Crippen molar-refractivity contribution in [1.29, 1.82) is 0 Å². The number of para-hydroxylation sites is 1. The normalized spacial score (nSPS) is 10.7. The van der Waals surface area contributed by atoms with Gasteiger partial charge in [0.1, 0.15) is 11.4 Å². The van der Waals surface area contributed by atoms with Crippen molar-refractivity contribution in [3.63, 3.8) is 0 Å². The van der Waals surface area contributed by atoms with Crippen molar-refractivity contribution in [3.8, 4) is 0 Å². The van der Waals surface area contributed by atoms with Gasteiger partial charge in [-0.3, -0.25) is 4.79 Å². The van der Waals surface area contributed by atoms with E-state index in [0.717, 1.165) is 15.9 Å². The average molecular weight is 364 g/mol. The molecule has 3 rings (SSSR count). The number of anilines is 1. The van der Waals surface area contributed by atoms with Crippen molar-refractivity contribution in [2.75, 3.05) is 11.1 Å². The summed E-state index contributed by atoms with van der Waals surface area (Å²) in [5, 5.41) is 5.18. The molecule has 0 aliphatic rings. The Bertz CT molecular complexity index is 868. The van der Waals surface area contributed by atoms with Crippen LogP contribution in [0.15, 0.2) is 53.8 Å². The zero-order valence-electron chi connectivity index (χ0n) is 11.8. The molecule has 3 aromatic rings. The maximum atomic E-state index is 12.1. The molecule has 0 aliphatic heterocycles. The number of hydrogen-bond acceptors (Lipinski definition) is 4. The first kappa shape index (κ1) is 16.1. The summed E-state index contributed by atoms with van der Waals surface area (Å²) in [6.45, 7) is 0. The zero-order valence-corrected chi connectivity index (χ0v) is 14.1. The molecule has 0 saturated heterocycles. The summed E-state index contributed by atoms with van der Waals surface area (Å²) in [4.78, 5) is 20.6. The summed E-state index contributed by atoms with van der Waals surface area (Å²) in [5.41, 5.74) is 1.35. The van der Waals surface area contributed by atoms with E-state index in [9.17, 15) is 4.79 Å². The Hall–Kier alpha value is -1.82. The van der Waals surface area contributed by atoms with Crippen LogP contribution in [0.5, 0.6) is 0 Å². The number of aromatic nitrogens is 2. The summed E-state index contributed by atoms with van der Waals surface area (Å²) in [7, 11) is 0. The number of carbonyl (C=O) groups is 1. The fraction of sp³-hybridized carbons (Fsp3) is 0.0625. The van der Waals surface area contributed by atoms with Crippen LogP contribution >= 0.6 is 35.0 Å². The maximum absolute atomic E-state index is 12.1. The van der Waals surface area contributed by atoms with Gasteiger partial charge in [-0.15, -0.1) is 0 Å². The first-order chi connectivity index (χ1) is 11.1. The van der Waals surface area contributed by atoms with E-state index in [1.54, 1.807) is 18.2 Å². The summed E-state index contributed by atoms with van der Waals surface area (Å²) in [5.74, 6) is 0.0333. The highest BCUT2D eigenvalue weighted by Crippen LogP contribution is 2.30. The van der Waals surface area contributed by atoms with Crippen LogP contribution in [0.3, 0.4) is 0 Å². The van der Waals surface area contributed by atoms with E-state index in [-0.39, 0.29) is 11.7 Å². The van der Waals surface area contributed by atoms with Crippen LogP contribution in [0, 0.1) is 0 Å². The van der Waals surface area contributed by atoms with E-state index in [4.69, 9.17) is 23.2 Å². The SMILES string of the molecule is O=C(CSc1ncnc2ccccc12)Nc1cccc(Cl)c1Cl. The molecule has 7 heteroatoms. The van der Waals surface area contributed by atoms with Crippen molar-refractivity contribution in [2.24, 2.45) is 0 Å². The maximum Gasteiger partial charge on any atom is 0.234 e. The Balaban J connectivity index is 1.70. The smallest absolute Gasteiger partial charge is 0.234 e. The number of amides is 1. The van der Waals surface area contributed by atoms with E-state index in [1.165, 1.54) is 18.1 Å². The van der Waals surface area contributed by atoms with Gasteiger partial charge in [-0.25, -0.2) is 9.97 Å². The number of hydrogen-bond donors (Lipinski definition) is 1. The molecule has 1 N–H and O–H groups in total. The summed E-state index contributed by atoms with van der Waals surface area (Å²) in [6.07, 6.45) is 1.50. The molecule has 4 nitrogen and oxygen atoms in total. The molecular formula is C16H11Cl2N3OS. The number of nitrogens with zero attached hydrogens (tertiary/aromatic N) is 2. The third-order valence-corrected chi connectivity index (χ3v) is 4.90. The Labute approximate surface area is 147 Å². The van der Waals surface area contributed by atoms with Crippen molar-refractivity contribution >= 4 is 57.5 Å². The van der Waals surface area contributed by atoms with Crippen LogP contribution in [0.1, 0.15) is 0 Å². The molecule has 0 saturated carbocycles. The van der Waals surface area contributed by atoms with Gasteiger partial charge in [-0.2, -0.15) is 0 Å². The highest BCUT2D eigenvalue weighted by atomic mass is 35.5. The van der Waals surface area contributed by atoms with Crippen molar-refractivity contribution in [1.82, 2.24) is 9.97 Å². The van der Waals surface area contributed by atoms with Crippen molar-refractivity contribution in [2.45, 2.75) is 5.03 Å². The first-order valence-corrected chi connectivity index (χ1v) is 8.45. The highest BCUT2D eigenvalue weighted by molar-refractivity contribution is 8.00. The molecule has 0 bridgehead atoms. The average Bonchev–Trinajstić information content (AvgIpc) is 2.57. The van der Waals surface area contributed by atoms with Gasteiger partial charge in [0.05, 0.1) is 27.0 Å². The summed E-state index contributed by atoms with van der Waals surface area (Å²) >= 11 is 13.3. The second kappa shape index (κ2) is 7.17. The minimum atomic E-state index is -0.179. The van der Waals surface area contributed by atoms with E-state index < -0.39 is 0 Å². The lowest BCUT2D eigenvalue weighted by Crippen LogP contribution is -2.14. The fourth-order valence-corrected chi connectivity index (χ4v) is 3.15. The quantitative estimate of drug-likeness (QED) is 0.540. The number of halogens is 2. The predicted octanol–water partition coefficient (Wildman–Crippen LogP) is 4.67. The number of carbonyl (C=O) groups excluding carboxylic acids is 1. The van der Waals surface area contributed by atoms with Crippen LogP contribution in [0.25, 0.3) is 10.9 Å².